The van der Waals surface area contributed by atoms with Crippen LogP contribution in [-0.4, -0.2) is 15.1 Å². The van der Waals surface area contributed by atoms with Crippen molar-refractivity contribution in [2.45, 2.75) is 45.7 Å². The van der Waals surface area contributed by atoms with E-state index in [2.05, 4.69) is 15.5 Å². The third kappa shape index (κ3) is 3.88. The van der Waals surface area contributed by atoms with Gasteiger partial charge in [-0.05, 0) is 12.5 Å². The SMILES string of the molecule is CC(NCc1ccc([N+](=O)[O-])cc1)c1nc(C(C)(C)C)no1. The van der Waals surface area contributed by atoms with Gasteiger partial charge in [-0.15, -0.1) is 0 Å². The second-order valence-electron chi connectivity index (χ2n) is 6.23. The predicted molar refractivity (Wildman–Crippen MR) is 81.3 cm³/mol. The fourth-order valence-electron chi connectivity index (χ4n) is 1.81. The van der Waals surface area contributed by atoms with Gasteiger partial charge in [-0.25, -0.2) is 0 Å². The van der Waals surface area contributed by atoms with E-state index in [4.69, 9.17) is 4.52 Å². The first kappa shape index (κ1) is 16.1. The molecule has 1 heterocycles. The van der Waals surface area contributed by atoms with Gasteiger partial charge in [0.05, 0.1) is 11.0 Å². The lowest BCUT2D eigenvalue weighted by Crippen LogP contribution is -2.19. The van der Waals surface area contributed by atoms with Crippen LogP contribution in [0.3, 0.4) is 0 Å². The van der Waals surface area contributed by atoms with E-state index in [1.54, 1.807) is 12.1 Å². The largest absolute Gasteiger partial charge is 0.338 e. The molecule has 7 nitrogen and oxygen atoms in total. The molecule has 1 atom stereocenters. The van der Waals surface area contributed by atoms with Crippen molar-refractivity contribution in [2.24, 2.45) is 0 Å². The summed E-state index contributed by atoms with van der Waals surface area (Å²) < 4.78 is 5.28. The third-order valence-corrected chi connectivity index (χ3v) is 3.24. The molecule has 0 aliphatic carbocycles. The summed E-state index contributed by atoms with van der Waals surface area (Å²) in [7, 11) is 0. The summed E-state index contributed by atoms with van der Waals surface area (Å²) in [5.41, 5.74) is 0.886. The molecular weight excluding hydrogens is 284 g/mol. The summed E-state index contributed by atoms with van der Waals surface area (Å²) >= 11 is 0. The Morgan fingerprint density at radius 3 is 2.45 bits per heavy atom. The van der Waals surface area contributed by atoms with Crippen molar-refractivity contribution in [3.8, 4) is 0 Å². The van der Waals surface area contributed by atoms with Crippen molar-refractivity contribution >= 4 is 5.69 Å². The van der Waals surface area contributed by atoms with Gasteiger partial charge in [0.15, 0.2) is 5.82 Å². The number of benzene rings is 1. The fourth-order valence-corrected chi connectivity index (χ4v) is 1.81. The highest BCUT2D eigenvalue weighted by Gasteiger charge is 2.22. The molecule has 0 saturated carbocycles. The molecule has 0 spiro atoms. The first-order valence-electron chi connectivity index (χ1n) is 7.08. The Morgan fingerprint density at radius 1 is 1.32 bits per heavy atom. The van der Waals surface area contributed by atoms with Crippen LogP contribution in [-0.2, 0) is 12.0 Å². The van der Waals surface area contributed by atoms with Crippen LogP contribution in [0.1, 0.15) is 51.0 Å². The normalized spacial score (nSPS) is 13.1. The summed E-state index contributed by atoms with van der Waals surface area (Å²) in [5.74, 6) is 1.21. The number of rotatable bonds is 5. The maximum Gasteiger partial charge on any atom is 0.269 e. The maximum atomic E-state index is 10.6. The summed E-state index contributed by atoms with van der Waals surface area (Å²) in [4.78, 5) is 14.6. The molecule has 0 amide bonds. The number of hydrogen-bond acceptors (Lipinski definition) is 6. The zero-order valence-electron chi connectivity index (χ0n) is 13.2. The number of nitro groups is 1. The van der Waals surface area contributed by atoms with Crippen LogP contribution in [0.25, 0.3) is 0 Å². The lowest BCUT2D eigenvalue weighted by atomic mass is 9.96. The Kier molecular flexibility index (Phi) is 4.56. The smallest absolute Gasteiger partial charge is 0.269 e. The monoisotopic (exact) mass is 304 g/mol. The molecule has 1 N–H and O–H groups in total. The lowest BCUT2D eigenvalue weighted by molar-refractivity contribution is -0.384. The van der Waals surface area contributed by atoms with Gasteiger partial charge in [0, 0.05) is 24.1 Å². The number of non-ortho nitro benzene ring substituents is 1. The topological polar surface area (TPSA) is 94.1 Å². The van der Waals surface area contributed by atoms with E-state index in [-0.39, 0.29) is 17.1 Å². The van der Waals surface area contributed by atoms with Crippen molar-refractivity contribution in [3.63, 3.8) is 0 Å². The van der Waals surface area contributed by atoms with Gasteiger partial charge in [0.1, 0.15) is 0 Å². The van der Waals surface area contributed by atoms with Crippen LogP contribution in [0, 0.1) is 10.1 Å². The highest BCUT2D eigenvalue weighted by Crippen LogP contribution is 2.21. The fraction of sp³-hybridized carbons (Fsp3) is 0.467. The highest BCUT2D eigenvalue weighted by molar-refractivity contribution is 5.32. The summed E-state index contributed by atoms with van der Waals surface area (Å²) in [6.45, 7) is 8.57. The molecule has 0 radical (unpaired) electrons. The van der Waals surface area contributed by atoms with E-state index in [1.165, 1.54) is 12.1 Å². The molecule has 1 aromatic heterocycles. The first-order valence-corrected chi connectivity index (χ1v) is 7.08. The molecule has 0 bridgehead atoms. The van der Waals surface area contributed by atoms with Gasteiger partial charge in [0.25, 0.3) is 5.69 Å². The Balaban J connectivity index is 1.96. The van der Waals surface area contributed by atoms with Crippen LogP contribution in [0.15, 0.2) is 28.8 Å². The molecule has 0 aliphatic heterocycles. The van der Waals surface area contributed by atoms with Crippen molar-refractivity contribution < 1.29 is 9.45 Å². The van der Waals surface area contributed by atoms with Crippen molar-refractivity contribution in [1.82, 2.24) is 15.5 Å². The van der Waals surface area contributed by atoms with Gasteiger partial charge in [-0.1, -0.05) is 38.1 Å². The van der Waals surface area contributed by atoms with Crippen molar-refractivity contribution in [2.75, 3.05) is 0 Å². The number of aromatic nitrogens is 2. The van der Waals surface area contributed by atoms with E-state index in [1.807, 2.05) is 27.7 Å². The quantitative estimate of drug-likeness (QED) is 0.673. The van der Waals surface area contributed by atoms with E-state index in [9.17, 15) is 10.1 Å². The molecule has 1 aromatic carbocycles. The second kappa shape index (κ2) is 6.23. The van der Waals surface area contributed by atoms with E-state index in [0.29, 0.717) is 18.3 Å². The number of nitrogens with zero attached hydrogens (tertiary/aromatic N) is 3. The van der Waals surface area contributed by atoms with Gasteiger partial charge in [0.2, 0.25) is 5.89 Å². The minimum atomic E-state index is -0.410. The van der Waals surface area contributed by atoms with Gasteiger partial charge >= 0.3 is 0 Å². The molecule has 2 aromatic rings. The number of hydrogen-bond donors (Lipinski definition) is 1. The van der Waals surface area contributed by atoms with E-state index < -0.39 is 4.92 Å². The van der Waals surface area contributed by atoms with E-state index >= 15 is 0 Å². The minimum Gasteiger partial charge on any atom is -0.338 e. The molecule has 2 rings (SSSR count). The zero-order chi connectivity index (χ0) is 16.3. The van der Waals surface area contributed by atoms with Crippen LogP contribution < -0.4 is 5.32 Å². The molecule has 0 saturated heterocycles. The molecule has 7 heteroatoms. The molecule has 1 unspecified atom stereocenters. The molecular formula is C15H20N4O3. The Morgan fingerprint density at radius 2 is 1.95 bits per heavy atom. The summed E-state index contributed by atoms with van der Waals surface area (Å²) in [6.07, 6.45) is 0. The lowest BCUT2D eigenvalue weighted by Gasteiger charge is -2.12. The van der Waals surface area contributed by atoms with Gasteiger partial charge in [-0.2, -0.15) is 4.98 Å². The van der Waals surface area contributed by atoms with Crippen LogP contribution >= 0.6 is 0 Å². The number of nitrogens with one attached hydrogen (secondary N) is 1. The van der Waals surface area contributed by atoms with Gasteiger partial charge < -0.3 is 9.84 Å². The molecule has 0 fully saturated rings. The summed E-state index contributed by atoms with van der Waals surface area (Å²) in [5, 5.41) is 17.9. The summed E-state index contributed by atoms with van der Waals surface area (Å²) in [6, 6.07) is 6.34. The highest BCUT2D eigenvalue weighted by atomic mass is 16.6. The maximum absolute atomic E-state index is 10.6. The van der Waals surface area contributed by atoms with Crippen molar-refractivity contribution in [3.05, 3.63) is 51.7 Å². The van der Waals surface area contributed by atoms with Gasteiger partial charge in [-0.3, -0.25) is 10.1 Å². The standard InChI is InChI=1S/C15H20N4O3/c1-10(13-17-14(18-22-13)15(2,3)4)16-9-11-5-7-12(8-6-11)19(20)21/h5-8,10,16H,9H2,1-4H3. The molecule has 22 heavy (non-hydrogen) atoms. The second-order valence-corrected chi connectivity index (χ2v) is 6.23. The zero-order valence-corrected chi connectivity index (χ0v) is 13.2. The Labute approximate surface area is 128 Å². The van der Waals surface area contributed by atoms with Crippen molar-refractivity contribution in [1.29, 1.82) is 0 Å². The third-order valence-electron chi connectivity index (χ3n) is 3.24. The Hall–Kier alpha value is -2.28. The van der Waals surface area contributed by atoms with Crippen LogP contribution in [0.4, 0.5) is 5.69 Å². The number of nitro benzene ring substituents is 1. The average molecular weight is 304 g/mol. The van der Waals surface area contributed by atoms with E-state index in [0.717, 1.165) is 5.56 Å². The molecule has 0 aliphatic rings. The minimum absolute atomic E-state index is 0.0866. The van der Waals surface area contributed by atoms with Crippen LogP contribution in [0.2, 0.25) is 0 Å². The predicted octanol–water partition coefficient (Wildman–Crippen LogP) is 3.13. The average Bonchev–Trinajstić information content (AvgIpc) is 2.95. The van der Waals surface area contributed by atoms with Crippen LogP contribution in [0.5, 0.6) is 0 Å². The molecule has 118 valence electrons. The first-order chi connectivity index (χ1) is 10.3. The Bertz CT molecular complexity index is 644.